The summed E-state index contributed by atoms with van der Waals surface area (Å²) in [5, 5.41) is 6.57. The van der Waals surface area contributed by atoms with Crippen LogP contribution in [0.15, 0.2) is 42.6 Å². The third-order valence-corrected chi connectivity index (χ3v) is 6.29. The van der Waals surface area contributed by atoms with Gasteiger partial charge >= 0.3 is 0 Å². The van der Waals surface area contributed by atoms with Crippen LogP contribution in [0.5, 0.6) is 0 Å². The van der Waals surface area contributed by atoms with Gasteiger partial charge in [0.2, 0.25) is 5.91 Å². The first-order valence-corrected chi connectivity index (χ1v) is 11.1. The zero-order valence-corrected chi connectivity index (χ0v) is 18.4. The van der Waals surface area contributed by atoms with E-state index in [2.05, 4.69) is 27.4 Å². The molecule has 2 amide bonds. The molecule has 164 valence electrons. The number of carbonyl (C=O) groups excluding carboxylic acids is 2. The van der Waals surface area contributed by atoms with E-state index in [1.54, 1.807) is 41.4 Å². The second-order valence-corrected chi connectivity index (χ2v) is 8.86. The van der Waals surface area contributed by atoms with Gasteiger partial charge in [0.15, 0.2) is 5.82 Å². The summed E-state index contributed by atoms with van der Waals surface area (Å²) in [6.45, 7) is 4.41. The van der Waals surface area contributed by atoms with Crippen molar-refractivity contribution in [3.63, 3.8) is 0 Å². The van der Waals surface area contributed by atoms with Crippen molar-refractivity contribution in [1.29, 1.82) is 0 Å². The number of rotatable bonds is 5. The fourth-order valence-electron chi connectivity index (χ4n) is 4.42. The highest BCUT2D eigenvalue weighted by molar-refractivity contribution is 6.17. The molecular weight excluding hydrogens is 390 g/mol. The highest BCUT2D eigenvalue weighted by Crippen LogP contribution is 2.36. The van der Waals surface area contributed by atoms with Crippen molar-refractivity contribution in [3.8, 4) is 0 Å². The molecule has 2 N–H and O–H groups in total. The van der Waals surface area contributed by atoms with Crippen LogP contribution < -0.4 is 15.5 Å². The van der Waals surface area contributed by atoms with Crippen molar-refractivity contribution in [1.82, 2.24) is 15.2 Å². The Bertz CT molecular complexity index is 952. The van der Waals surface area contributed by atoms with Crippen molar-refractivity contribution in [3.05, 3.63) is 48.2 Å². The molecule has 0 saturated carbocycles. The third kappa shape index (κ3) is 4.78. The van der Waals surface area contributed by atoms with E-state index in [-0.39, 0.29) is 23.9 Å². The molecule has 0 radical (unpaired) electrons. The van der Waals surface area contributed by atoms with Gasteiger partial charge in [0.25, 0.3) is 5.91 Å². The van der Waals surface area contributed by atoms with E-state index in [4.69, 9.17) is 0 Å². The largest absolute Gasteiger partial charge is 0.319 e. The number of amides is 2. The predicted molar refractivity (Wildman–Crippen MR) is 123 cm³/mol. The van der Waals surface area contributed by atoms with Crippen LogP contribution in [0.4, 0.5) is 17.2 Å². The molecule has 4 rings (SSSR count). The van der Waals surface area contributed by atoms with Crippen molar-refractivity contribution in [2.45, 2.75) is 44.6 Å². The highest BCUT2D eigenvalue weighted by atomic mass is 16.2. The Kier molecular flexibility index (Phi) is 6.34. The molecule has 1 atom stereocenters. The van der Waals surface area contributed by atoms with Gasteiger partial charge in [-0.2, -0.15) is 0 Å². The number of benzene rings is 1. The van der Waals surface area contributed by atoms with E-state index in [1.807, 2.05) is 13.1 Å². The van der Waals surface area contributed by atoms with Gasteiger partial charge in [-0.05, 0) is 64.0 Å². The Labute approximate surface area is 183 Å². The Balaban J connectivity index is 1.52. The summed E-state index contributed by atoms with van der Waals surface area (Å²) in [6, 6.07) is 10.7. The number of fused-ring (bicyclic) bond motifs is 2. The molecule has 7 heteroatoms. The summed E-state index contributed by atoms with van der Waals surface area (Å²) >= 11 is 0. The Morgan fingerprint density at radius 3 is 2.90 bits per heavy atom. The summed E-state index contributed by atoms with van der Waals surface area (Å²) in [5.41, 5.74) is 1.68. The third-order valence-electron chi connectivity index (χ3n) is 6.29. The van der Waals surface area contributed by atoms with Crippen LogP contribution in [0.2, 0.25) is 0 Å². The molecule has 1 fully saturated rings. The number of hydrogen-bond acceptors (Lipinski definition) is 5. The first kappa shape index (κ1) is 21.5. The monoisotopic (exact) mass is 421 g/mol. The molecular formula is C24H31N5O2. The summed E-state index contributed by atoms with van der Waals surface area (Å²) in [7, 11) is 1.98. The molecule has 2 aromatic rings. The molecule has 7 nitrogen and oxygen atoms in total. The van der Waals surface area contributed by atoms with E-state index >= 15 is 0 Å². The fourth-order valence-corrected chi connectivity index (χ4v) is 4.42. The van der Waals surface area contributed by atoms with Gasteiger partial charge in [0, 0.05) is 18.3 Å². The van der Waals surface area contributed by atoms with Crippen molar-refractivity contribution >= 4 is 29.0 Å². The maximum Gasteiger partial charge on any atom is 0.257 e. The number of aromatic nitrogens is 1. The lowest BCUT2D eigenvalue weighted by atomic mass is 9.92. The SMILES string of the molecule is CN(CCC1(C)CCCCCN1)CC(=O)N1c2ccccc2C(=O)Nc2cccnc21. The van der Waals surface area contributed by atoms with Crippen molar-refractivity contribution < 1.29 is 9.59 Å². The number of likely N-dealkylation sites (N-methyl/N-ethyl adjacent to an activating group) is 1. The van der Waals surface area contributed by atoms with Gasteiger partial charge < -0.3 is 10.6 Å². The highest BCUT2D eigenvalue weighted by Gasteiger charge is 2.31. The topological polar surface area (TPSA) is 77.6 Å². The van der Waals surface area contributed by atoms with Crippen LogP contribution >= 0.6 is 0 Å². The zero-order chi connectivity index (χ0) is 21.8. The predicted octanol–water partition coefficient (Wildman–Crippen LogP) is 3.56. The van der Waals surface area contributed by atoms with E-state index in [0.29, 0.717) is 22.8 Å². The molecule has 0 spiro atoms. The molecule has 2 aliphatic rings. The van der Waals surface area contributed by atoms with Crippen LogP contribution in [-0.2, 0) is 4.79 Å². The Morgan fingerprint density at radius 2 is 2.03 bits per heavy atom. The summed E-state index contributed by atoms with van der Waals surface area (Å²) in [4.78, 5) is 34.2. The Hall–Kier alpha value is -2.77. The number of nitrogens with zero attached hydrogens (tertiary/aromatic N) is 3. The minimum Gasteiger partial charge on any atom is -0.319 e. The van der Waals surface area contributed by atoms with E-state index < -0.39 is 0 Å². The van der Waals surface area contributed by atoms with Gasteiger partial charge in [-0.1, -0.05) is 25.0 Å². The molecule has 31 heavy (non-hydrogen) atoms. The number of nitrogens with one attached hydrogen (secondary N) is 2. The second kappa shape index (κ2) is 9.16. The average molecular weight is 422 g/mol. The van der Waals surface area contributed by atoms with Crippen LogP contribution in [0.25, 0.3) is 0 Å². The summed E-state index contributed by atoms with van der Waals surface area (Å²) in [5.74, 6) is 0.114. The second-order valence-electron chi connectivity index (χ2n) is 8.86. The number of para-hydroxylation sites is 1. The molecule has 1 aromatic heterocycles. The van der Waals surface area contributed by atoms with Crippen molar-refractivity contribution in [2.24, 2.45) is 0 Å². The number of hydrogen-bond donors (Lipinski definition) is 2. The average Bonchev–Trinajstić information content (AvgIpc) is 3.05. The van der Waals surface area contributed by atoms with Gasteiger partial charge in [-0.25, -0.2) is 4.98 Å². The van der Waals surface area contributed by atoms with Crippen molar-refractivity contribution in [2.75, 3.05) is 36.9 Å². The summed E-state index contributed by atoms with van der Waals surface area (Å²) < 4.78 is 0. The molecule has 0 aliphatic carbocycles. The van der Waals surface area contributed by atoms with Crippen LogP contribution in [-0.4, -0.2) is 53.9 Å². The molecule has 0 bridgehead atoms. The lowest BCUT2D eigenvalue weighted by molar-refractivity contribution is -0.118. The fraction of sp³-hybridized carbons (Fsp3) is 0.458. The standard InChI is InChI=1S/C24H31N5O2/c1-24(12-6-3-7-15-26-24)13-16-28(2)17-21(30)29-20-11-5-4-9-18(20)23(31)27-19-10-8-14-25-22(19)29/h4-5,8-11,14,26H,3,6-7,12-13,15-17H2,1-2H3,(H,27,31). The van der Waals surface area contributed by atoms with Gasteiger partial charge in [-0.15, -0.1) is 0 Å². The lowest BCUT2D eigenvalue weighted by Gasteiger charge is -2.32. The minimum atomic E-state index is -0.235. The minimum absolute atomic E-state index is 0.106. The molecule has 2 aliphatic heterocycles. The zero-order valence-electron chi connectivity index (χ0n) is 18.4. The van der Waals surface area contributed by atoms with E-state index in [0.717, 1.165) is 19.5 Å². The van der Waals surface area contributed by atoms with Gasteiger partial charge in [-0.3, -0.25) is 19.4 Å². The normalized spacial score (nSPS) is 21.0. The Morgan fingerprint density at radius 1 is 1.19 bits per heavy atom. The van der Waals surface area contributed by atoms with Crippen LogP contribution in [0.3, 0.4) is 0 Å². The first-order chi connectivity index (χ1) is 15.0. The quantitative estimate of drug-likeness (QED) is 0.772. The van der Waals surface area contributed by atoms with E-state index in [9.17, 15) is 9.59 Å². The van der Waals surface area contributed by atoms with Gasteiger partial charge in [0.05, 0.1) is 23.5 Å². The van der Waals surface area contributed by atoms with E-state index in [1.165, 1.54) is 25.7 Å². The number of carbonyl (C=O) groups is 2. The molecule has 1 saturated heterocycles. The molecule has 3 heterocycles. The number of anilines is 3. The number of pyridine rings is 1. The smallest absolute Gasteiger partial charge is 0.257 e. The van der Waals surface area contributed by atoms with Crippen LogP contribution in [0.1, 0.15) is 49.4 Å². The maximum atomic E-state index is 13.5. The molecule has 1 aromatic carbocycles. The lowest BCUT2D eigenvalue weighted by Crippen LogP contribution is -2.45. The van der Waals surface area contributed by atoms with Crippen LogP contribution in [0, 0.1) is 0 Å². The summed E-state index contributed by atoms with van der Waals surface area (Å²) in [6.07, 6.45) is 7.56. The first-order valence-electron chi connectivity index (χ1n) is 11.1. The van der Waals surface area contributed by atoms with Gasteiger partial charge in [0.1, 0.15) is 0 Å². The maximum absolute atomic E-state index is 13.5. The molecule has 1 unspecified atom stereocenters.